The maximum atomic E-state index is 4.52. The maximum Gasteiger partial charge on any atom is 0.0160 e. The molecule has 0 N–H and O–H groups in total. The molecule has 6 aromatic carbocycles. The van der Waals surface area contributed by atoms with E-state index in [9.17, 15) is 0 Å². The summed E-state index contributed by atoms with van der Waals surface area (Å²) in [6.07, 6.45) is 1.82. The molecule has 1 aromatic heterocycles. The predicted molar refractivity (Wildman–Crippen MR) is 176 cm³/mol. The predicted octanol–water partition coefficient (Wildman–Crippen LogP) is 10.9. The monoisotopic (exact) mass is 727 g/mol. The van der Waals surface area contributed by atoms with Crippen molar-refractivity contribution in [3.63, 3.8) is 0 Å². The molecule has 0 aliphatic rings. The van der Waals surface area contributed by atoms with Crippen LogP contribution in [0.3, 0.4) is 0 Å². The van der Waals surface area contributed by atoms with Crippen LogP contribution in [0.4, 0.5) is 0 Å². The molecule has 43 heavy (non-hydrogen) atoms. The minimum Gasteiger partial charge on any atom is -0.305 e. The first-order valence-electron chi connectivity index (χ1n) is 14.2. The van der Waals surface area contributed by atoms with Gasteiger partial charge in [0.05, 0.1) is 0 Å². The van der Waals surface area contributed by atoms with Crippen LogP contribution in [-0.4, -0.2) is 4.98 Å². The Kier molecular flexibility index (Phi) is 8.52. The maximum absolute atomic E-state index is 4.52. The summed E-state index contributed by atoms with van der Waals surface area (Å²) < 4.78 is 0. The molecule has 0 amide bonds. The fraction of sp³-hybridized carbons (Fsp3) is 0. The Balaban J connectivity index is 0.00000329. The summed E-state index contributed by atoms with van der Waals surface area (Å²) in [6, 6.07) is 61.3. The van der Waals surface area contributed by atoms with Crippen molar-refractivity contribution in [1.29, 1.82) is 0 Å². The first kappa shape index (κ1) is 28.2. The third-order valence-electron chi connectivity index (χ3n) is 7.61. The fourth-order valence-electron chi connectivity index (χ4n) is 5.46. The van der Waals surface area contributed by atoms with Gasteiger partial charge in [-0.05, 0) is 92.2 Å². The van der Waals surface area contributed by atoms with Gasteiger partial charge in [0.2, 0.25) is 0 Å². The van der Waals surface area contributed by atoms with Gasteiger partial charge in [0.25, 0.3) is 0 Å². The van der Waals surface area contributed by atoms with Gasteiger partial charge >= 0.3 is 0 Å². The Morgan fingerprint density at radius 2 is 0.767 bits per heavy atom. The molecule has 0 saturated heterocycles. The van der Waals surface area contributed by atoms with Crippen LogP contribution in [-0.2, 0) is 20.1 Å². The number of pyridine rings is 1. The molecule has 0 spiro atoms. The summed E-state index contributed by atoms with van der Waals surface area (Å²) in [7, 11) is 0. The van der Waals surface area contributed by atoms with Gasteiger partial charge in [-0.1, -0.05) is 109 Å². The SMILES string of the molecule is [Ir].[c-]1ccc(-c2cccc(-c3cc(-c4ccccc4)cc(-c4cccc(-c5ccccc5)c4)c3)c2)cc1-c1ccccn1. The molecule has 1 nitrogen and oxygen atoms in total. The Labute approximate surface area is 266 Å². The topological polar surface area (TPSA) is 12.9 Å². The molecular formula is C41H28IrN-. The van der Waals surface area contributed by atoms with Crippen LogP contribution in [0.15, 0.2) is 170 Å². The van der Waals surface area contributed by atoms with Crippen LogP contribution >= 0.6 is 0 Å². The summed E-state index contributed by atoms with van der Waals surface area (Å²) in [5.74, 6) is 0. The van der Waals surface area contributed by atoms with E-state index >= 15 is 0 Å². The van der Waals surface area contributed by atoms with Crippen molar-refractivity contribution in [3.05, 3.63) is 176 Å². The van der Waals surface area contributed by atoms with Crippen LogP contribution in [0.5, 0.6) is 0 Å². The molecule has 207 valence electrons. The summed E-state index contributed by atoms with van der Waals surface area (Å²) >= 11 is 0. The molecule has 0 saturated carbocycles. The van der Waals surface area contributed by atoms with Gasteiger partial charge in [-0.2, -0.15) is 0 Å². The minimum absolute atomic E-state index is 0. The van der Waals surface area contributed by atoms with Crippen LogP contribution < -0.4 is 0 Å². The zero-order valence-electron chi connectivity index (χ0n) is 23.4. The van der Waals surface area contributed by atoms with Crippen LogP contribution in [0.25, 0.3) is 66.9 Å². The largest absolute Gasteiger partial charge is 0.305 e. The first-order chi connectivity index (χ1) is 20.8. The summed E-state index contributed by atoms with van der Waals surface area (Å²) in [5, 5.41) is 0. The third kappa shape index (κ3) is 6.32. The fourth-order valence-corrected chi connectivity index (χ4v) is 5.46. The Bertz CT molecular complexity index is 1970. The molecule has 0 atom stereocenters. The summed E-state index contributed by atoms with van der Waals surface area (Å²) in [4.78, 5) is 4.52. The van der Waals surface area contributed by atoms with E-state index in [0.29, 0.717) is 0 Å². The van der Waals surface area contributed by atoms with Crippen LogP contribution in [0.1, 0.15) is 0 Å². The zero-order valence-corrected chi connectivity index (χ0v) is 25.8. The van der Waals surface area contributed by atoms with Crippen molar-refractivity contribution in [3.8, 4) is 66.9 Å². The second-order valence-electron chi connectivity index (χ2n) is 10.4. The van der Waals surface area contributed by atoms with Crippen molar-refractivity contribution >= 4 is 0 Å². The van der Waals surface area contributed by atoms with Gasteiger partial charge in [-0.15, -0.1) is 35.4 Å². The number of hydrogen-bond acceptors (Lipinski definition) is 1. The van der Waals surface area contributed by atoms with Crippen molar-refractivity contribution in [2.75, 3.05) is 0 Å². The molecule has 0 aliphatic carbocycles. The molecule has 1 heterocycles. The normalized spacial score (nSPS) is 10.6. The van der Waals surface area contributed by atoms with E-state index in [4.69, 9.17) is 0 Å². The van der Waals surface area contributed by atoms with E-state index in [1.165, 1.54) is 44.5 Å². The quantitative estimate of drug-likeness (QED) is 0.156. The third-order valence-corrected chi connectivity index (χ3v) is 7.61. The molecule has 7 rings (SSSR count). The van der Waals surface area contributed by atoms with Gasteiger partial charge in [0.15, 0.2) is 0 Å². The Morgan fingerprint density at radius 3 is 1.33 bits per heavy atom. The second-order valence-corrected chi connectivity index (χ2v) is 10.4. The van der Waals surface area contributed by atoms with E-state index in [2.05, 4.69) is 151 Å². The number of hydrogen-bond donors (Lipinski definition) is 0. The number of rotatable bonds is 6. The van der Waals surface area contributed by atoms with E-state index in [-0.39, 0.29) is 20.1 Å². The zero-order chi connectivity index (χ0) is 28.1. The van der Waals surface area contributed by atoms with Crippen molar-refractivity contribution in [2.24, 2.45) is 0 Å². The number of benzene rings is 6. The van der Waals surface area contributed by atoms with Crippen LogP contribution in [0, 0.1) is 6.07 Å². The first-order valence-corrected chi connectivity index (χ1v) is 14.2. The van der Waals surface area contributed by atoms with Gasteiger partial charge in [0, 0.05) is 26.3 Å². The Morgan fingerprint density at radius 1 is 0.349 bits per heavy atom. The number of nitrogens with zero attached hydrogens (tertiary/aromatic N) is 1. The molecule has 0 aliphatic heterocycles. The molecule has 7 aromatic rings. The molecular weight excluding hydrogens is 699 g/mol. The van der Waals surface area contributed by atoms with Crippen molar-refractivity contribution in [2.45, 2.75) is 0 Å². The molecule has 0 fully saturated rings. The molecule has 1 radical (unpaired) electrons. The molecule has 0 unspecified atom stereocenters. The number of aromatic nitrogens is 1. The minimum atomic E-state index is 0. The van der Waals surface area contributed by atoms with E-state index < -0.39 is 0 Å². The van der Waals surface area contributed by atoms with E-state index in [0.717, 1.165) is 22.4 Å². The van der Waals surface area contributed by atoms with Crippen molar-refractivity contribution in [1.82, 2.24) is 4.98 Å². The van der Waals surface area contributed by atoms with Gasteiger partial charge in [0.1, 0.15) is 0 Å². The van der Waals surface area contributed by atoms with Gasteiger partial charge in [-0.25, -0.2) is 0 Å². The molecule has 0 bridgehead atoms. The van der Waals surface area contributed by atoms with Crippen LogP contribution in [0.2, 0.25) is 0 Å². The van der Waals surface area contributed by atoms with Gasteiger partial charge in [-0.3, -0.25) is 0 Å². The average Bonchev–Trinajstić information content (AvgIpc) is 3.09. The average molecular weight is 727 g/mol. The van der Waals surface area contributed by atoms with Gasteiger partial charge < -0.3 is 4.98 Å². The standard InChI is InChI=1S/C41H28N.Ir/c1-3-12-30(13-4-1)32-16-9-19-35(24-32)39-27-38(31-14-5-2-6-15-31)28-40(29-39)36-20-10-17-33(25-36)34-18-11-21-37(26-34)41-22-7-8-23-42-41;/h1-20,22-29H;/q-1;. The Hall–Kier alpha value is -4.88. The summed E-state index contributed by atoms with van der Waals surface area (Å²) in [6.45, 7) is 0. The summed E-state index contributed by atoms with van der Waals surface area (Å²) in [5.41, 5.74) is 13.8. The van der Waals surface area contributed by atoms with Crippen molar-refractivity contribution < 1.29 is 20.1 Å². The second kappa shape index (κ2) is 13.0. The van der Waals surface area contributed by atoms with E-state index in [1.54, 1.807) is 0 Å². The smallest absolute Gasteiger partial charge is 0.0160 e. The molecule has 2 heteroatoms. The van der Waals surface area contributed by atoms with E-state index in [1.807, 2.05) is 30.5 Å².